The Morgan fingerprint density at radius 3 is 2.32 bits per heavy atom. The Bertz CT molecular complexity index is 374. The molecule has 0 saturated heterocycles. The van der Waals surface area contributed by atoms with Crippen molar-refractivity contribution in [3.05, 3.63) is 35.9 Å². The number of hydrogen-bond acceptors (Lipinski definition) is 2. The van der Waals surface area contributed by atoms with Crippen LogP contribution in [-0.4, -0.2) is 18.2 Å². The van der Waals surface area contributed by atoms with E-state index in [4.69, 9.17) is 4.74 Å². The third kappa shape index (κ3) is 6.97. The van der Waals surface area contributed by atoms with Gasteiger partial charge in [-0.05, 0) is 25.3 Å². The van der Waals surface area contributed by atoms with E-state index < -0.39 is 0 Å². The zero-order valence-corrected chi connectivity index (χ0v) is 12.3. The molecule has 0 aliphatic carbocycles. The fraction of sp³-hybridized carbons (Fsp3) is 0.562. The number of benzene rings is 1. The summed E-state index contributed by atoms with van der Waals surface area (Å²) in [7, 11) is 0. The van der Waals surface area contributed by atoms with Crippen molar-refractivity contribution in [2.75, 3.05) is 0 Å². The van der Waals surface area contributed by atoms with Crippen molar-refractivity contribution in [1.82, 2.24) is 5.32 Å². The first-order chi connectivity index (χ1) is 8.97. The van der Waals surface area contributed by atoms with E-state index in [-0.39, 0.29) is 18.2 Å². The van der Waals surface area contributed by atoms with Crippen molar-refractivity contribution in [1.29, 1.82) is 0 Å². The molecule has 0 fully saturated rings. The van der Waals surface area contributed by atoms with E-state index in [1.54, 1.807) is 0 Å². The van der Waals surface area contributed by atoms with Crippen molar-refractivity contribution in [3.63, 3.8) is 0 Å². The van der Waals surface area contributed by atoms with Crippen LogP contribution in [0.25, 0.3) is 0 Å². The zero-order valence-electron chi connectivity index (χ0n) is 12.3. The lowest BCUT2D eigenvalue weighted by Gasteiger charge is -2.22. The third-order valence-electron chi connectivity index (χ3n) is 2.62. The van der Waals surface area contributed by atoms with Crippen LogP contribution in [0.3, 0.4) is 0 Å². The Labute approximate surface area is 116 Å². The predicted molar refractivity (Wildman–Crippen MR) is 77.8 cm³/mol. The minimum absolute atomic E-state index is 0.0524. The van der Waals surface area contributed by atoms with Gasteiger partial charge in [0.25, 0.3) is 0 Å². The van der Waals surface area contributed by atoms with Crippen LogP contribution < -0.4 is 5.32 Å². The van der Waals surface area contributed by atoms with E-state index in [9.17, 15) is 4.79 Å². The lowest BCUT2D eigenvalue weighted by atomic mass is 10.1. The first kappa shape index (κ1) is 15.7. The maximum Gasteiger partial charge on any atom is 0.222 e. The smallest absolute Gasteiger partial charge is 0.222 e. The molecule has 0 bridgehead atoms. The first-order valence-electron chi connectivity index (χ1n) is 6.96. The van der Waals surface area contributed by atoms with Gasteiger partial charge in [-0.3, -0.25) is 4.79 Å². The molecule has 1 N–H and O–H groups in total. The molecule has 106 valence electrons. The van der Waals surface area contributed by atoms with Crippen LogP contribution in [0.1, 0.15) is 39.7 Å². The second kappa shape index (κ2) is 7.95. The van der Waals surface area contributed by atoms with E-state index >= 15 is 0 Å². The molecule has 0 aliphatic rings. The zero-order chi connectivity index (χ0) is 14.3. The molecule has 1 unspecified atom stereocenters. The molecule has 0 spiro atoms. The van der Waals surface area contributed by atoms with Gasteiger partial charge in [0.05, 0.1) is 6.10 Å². The molecule has 19 heavy (non-hydrogen) atoms. The highest BCUT2D eigenvalue weighted by Crippen LogP contribution is 2.07. The molecule has 0 aromatic heterocycles. The normalized spacial score (nSPS) is 12.7. The fourth-order valence-corrected chi connectivity index (χ4v) is 1.90. The molecule has 1 amide bonds. The second-order valence-electron chi connectivity index (χ2n) is 5.53. The van der Waals surface area contributed by atoms with Crippen LogP contribution >= 0.6 is 0 Å². The molecule has 3 heteroatoms. The summed E-state index contributed by atoms with van der Waals surface area (Å²) in [6.45, 7) is 8.03. The minimum atomic E-state index is -0.256. The molecule has 0 aliphatic heterocycles. The van der Waals surface area contributed by atoms with Gasteiger partial charge in [-0.25, -0.2) is 0 Å². The Morgan fingerprint density at radius 2 is 1.79 bits per heavy atom. The second-order valence-corrected chi connectivity index (χ2v) is 5.53. The van der Waals surface area contributed by atoms with Crippen LogP contribution in [0.15, 0.2) is 30.3 Å². The number of amides is 1. The lowest BCUT2D eigenvalue weighted by Crippen LogP contribution is -2.40. The molecule has 1 rings (SSSR count). The topological polar surface area (TPSA) is 38.3 Å². The standard InChI is InChI=1S/C16H25NO2/c1-12(2)10-15(18)17-16(19-13(3)4)11-14-8-6-5-7-9-14/h5-9,12-13,16H,10-11H2,1-4H3,(H,17,18). The average Bonchev–Trinajstić information content (AvgIpc) is 2.27. The number of carbonyl (C=O) groups is 1. The van der Waals surface area contributed by atoms with Crippen molar-refractivity contribution in [3.8, 4) is 0 Å². The molecule has 1 aromatic rings. The van der Waals surface area contributed by atoms with E-state index in [1.807, 2.05) is 58.0 Å². The maximum absolute atomic E-state index is 11.8. The van der Waals surface area contributed by atoms with E-state index in [0.29, 0.717) is 18.8 Å². The maximum atomic E-state index is 11.8. The highest BCUT2D eigenvalue weighted by molar-refractivity contribution is 5.76. The summed E-state index contributed by atoms with van der Waals surface area (Å²) in [5, 5.41) is 2.97. The lowest BCUT2D eigenvalue weighted by molar-refractivity contribution is -0.127. The van der Waals surface area contributed by atoms with Gasteiger partial charge in [0.15, 0.2) is 0 Å². The van der Waals surface area contributed by atoms with Crippen LogP contribution in [-0.2, 0) is 16.0 Å². The molecule has 0 saturated carbocycles. The Balaban J connectivity index is 2.59. The highest BCUT2D eigenvalue weighted by atomic mass is 16.5. The quantitative estimate of drug-likeness (QED) is 0.767. The Morgan fingerprint density at radius 1 is 1.16 bits per heavy atom. The van der Waals surface area contributed by atoms with Gasteiger partial charge in [-0.2, -0.15) is 0 Å². The van der Waals surface area contributed by atoms with Gasteiger partial charge in [0, 0.05) is 12.8 Å². The van der Waals surface area contributed by atoms with Crippen molar-refractivity contribution in [2.45, 2.75) is 52.9 Å². The summed E-state index contributed by atoms with van der Waals surface area (Å²) >= 11 is 0. The van der Waals surface area contributed by atoms with Crippen LogP contribution in [0.5, 0.6) is 0 Å². The van der Waals surface area contributed by atoms with E-state index in [0.717, 1.165) is 5.56 Å². The van der Waals surface area contributed by atoms with Gasteiger partial charge < -0.3 is 10.1 Å². The first-order valence-corrected chi connectivity index (χ1v) is 6.96. The summed E-state index contributed by atoms with van der Waals surface area (Å²) in [5.41, 5.74) is 1.16. The van der Waals surface area contributed by atoms with Crippen molar-refractivity contribution >= 4 is 5.91 Å². The molecular weight excluding hydrogens is 238 g/mol. The summed E-state index contributed by atoms with van der Waals surface area (Å²) < 4.78 is 5.77. The van der Waals surface area contributed by atoms with Crippen LogP contribution in [0.2, 0.25) is 0 Å². The number of rotatable bonds is 7. The van der Waals surface area contributed by atoms with Gasteiger partial charge in [0.1, 0.15) is 6.23 Å². The monoisotopic (exact) mass is 263 g/mol. The molecule has 1 atom stereocenters. The SMILES string of the molecule is CC(C)CC(=O)NC(Cc1ccccc1)OC(C)C. The van der Waals surface area contributed by atoms with Crippen LogP contribution in [0, 0.1) is 5.92 Å². The van der Waals surface area contributed by atoms with Gasteiger partial charge in [0.2, 0.25) is 5.91 Å². The Hall–Kier alpha value is -1.35. The summed E-state index contributed by atoms with van der Waals surface area (Å²) in [4.78, 5) is 11.8. The van der Waals surface area contributed by atoms with Gasteiger partial charge >= 0.3 is 0 Å². The minimum Gasteiger partial charge on any atom is -0.356 e. The highest BCUT2D eigenvalue weighted by Gasteiger charge is 2.15. The molecule has 0 heterocycles. The Kier molecular flexibility index (Phi) is 6.57. The summed E-state index contributed by atoms with van der Waals surface area (Å²) in [6.07, 6.45) is 1.07. The summed E-state index contributed by atoms with van der Waals surface area (Å²) in [5.74, 6) is 0.410. The number of carbonyl (C=O) groups excluding carboxylic acids is 1. The number of ether oxygens (including phenoxy) is 1. The average molecular weight is 263 g/mol. The van der Waals surface area contributed by atoms with Crippen LogP contribution in [0.4, 0.5) is 0 Å². The molecular formula is C16H25NO2. The predicted octanol–water partition coefficient (Wildman–Crippen LogP) is 3.14. The molecule has 0 radical (unpaired) electrons. The van der Waals surface area contributed by atoms with Crippen molar-refractivity contribution < 1.29 is 9.53 Å². The molecule has 3 nitrogen and oxygen atoms in total. The van der Waals surface area contributed by atoms with E-state index in [1.165, 1.54) is 0 Å². The van der Waals surface area contributed by atoms with E-state index in [2.05, 4.69) is 5.32 Å². The van der Waals surface area contributed by atoms with Gasteiger partial charge in [-0.15, -0.1) is 0 Å². The molecule has 1 aromatic carbocycles. The fourth-order valence-electron chi connectivity index (χ4n) is 1.90. The third-order valence-corrected chi connectivity index (χ3v) is 2.62. The number of nitrogens with one attached hydrogen (secondary N) is 1. The largest absolute Gasteiger partial charge is 0.356 e. The number of hydrogen-bond donors (Lipinski definition) is 1. The van der Waals surface area contributed by atoms with Crippen molar-refractivity contribution in [2.24, 2.45) is 5.92 Å². The van der Waals surface area contributed by atoms with Gasteiger partial charge in [-0.1, -0.05) is 44.2 Å². The summed E-state index contributed by atoms with van der Waals surface area (Å²) in [6, 6.07) is 10.1.